The normalized spacial score (nSPS) is 10.5. The lowest BCUT2D eigenvalue weighted by Crippen LogP contribution is -2.06. The average molecular weight is 231 g/mol. The Hall–Kier alpha value is -1.84. The van der Waals surface area contributed by atoms with Crippen LogP contribution < -0.4 is 4.74 Å². The molecule has 17 heavy (non-hydrogen) atoms. The molecule has 0 N–H and O–H groups in total. The molecule has 0 spiro atoms. The van der Waals surface area contributed by atoms with Crippen molar-refractivity contribution in [2.45, 2.75) is 26.8 Å². The number of hydrogen-bond donors (Lipinski definition) is 0. The van der Waals surface area contributed by atoms with Crippen LogP contribution in [0, 0.1) is 6.92 Å². The van der Waals surface area contributed by atoms with Gasteiger partial charge in [-0.3, -0.25) is 0 Å². The minimum atomic E-state index is 0.812. The largest absolute Gasteiger partial charge is 0.497 e. The van der Waals surface area contributed by atoms with E-state index in [0.29, 0.717) is 0 Å². The summed E-state index contributed by atoms with van der Waals surface area (Å²) in [5.74, 6) is 2.86. The number of hydrogen-bond acceptors (Lipinski definition) is 3. The molecule has 2 rings (SSSR count). The van der Waals surface area contributed by atoms with Crippen molar-refractivity contribution in [3.8, 4) is 5.75 Å². The molecule has 1 heterocycles. The second kappa shape index (κ2) is 4.99. The smallest absolute Gasteiger partial charge is 0.133 e. The topological polar surface area (TPSA) is 39.9 Å². The summed E-state index contributed by atoms with van der Waals surface area (Å²) in [6.45, 7) is 4.88. The van der Waals surface area contributed by atoms with Crippen molar-refractivity contribution in [1.29, 1.82) is 0 Å². The Balaban J connectivity index is 2.21. The number of ether oxygens (including phenoxy) is 1. The van der Waals surface area contributed by atoms with Crippen LogP contribution in [0.2, 0.25) is 0 Å². The molecule has 0 atom stereocenters. The zero-order chi connectivity index (χ0) is 12.3. The van der Waals surface area contributed by atoms with Crippen molar-refractivity contribution in [3.05, 3.63) is 41.5 Å². The monoisotopic (exact) mass is 231 g/mol. The molecule has 0 fully saturated rings. The molecule has 0 aliphatic heterocycles. The number of benzene rings is 1. The average Bonchev–Trinajstić information content (AvgIpc) is 2.71. The highest BCUT2D eigenvalue weighted by atomic mass is 16.5. The first-order valence-corrected chi connectivity index (χ1v) is 5.76. The zero-order valence-corrected chi connectivity index (χ0v) is 10.5. The van der Waals surface area contributed by atoms with E-state index >= 15 is 0 Å². The Morgan fingerprint density at radius 3 is 2.47 bits per heavy atom. The van der Waals surface area contributed by atoms with E-state index in [1.54, 1.807) is 7.11 Å². The van der Waals surface area contributed by atoms with Gasteiger partial charge >= 0.3 is 0 Å². The number of methoxy groups -OCH3 is 1. The van der Waals surface area contributed by atoms with Gasteiger partial charge in [0.25, 0.3) is 0 Å². The molecule has 0 amide bonds. The fourth-order valence-corrected chi connectivity index (χ4v) is 1.81. The van der Waals surface area contributed by atoms with Crippen molar-refractivity contribution in [2.24, 2.45) is 0 Å². The molecule has 0 bridgehead atoms. The third-order valence-corrected chi connectivity index (χ3v) is 2.83. The maximum Gasteiger partial charge on any atom is 0.133 e. The van der Waals surface area contributed by atoms with Crippen molar-refractivity contribution in [2.75, 3.05) is 7.11 Å². The van der Waals surface area contributed by atoms with Gasteiger partial charge in [0, 0.05) is 6.42 Å². The molecule has 0 aliphatic rings. The Kier molecular flexibility index (Phi) is 3.42. The van der Waals surface area contributed by atoms with Gasteiger partial charge < -0.3 is 9.30 Å². The predicted molar refractivity (Wildman–Crippen MR) is 66.2 cm³/mol. The first kappa shape index (κ1) is 11.6. The minimum absolute atomic E-state index is 0.812. The van der Waals surface area contributed by atoms with Crippen molar-refractivity contribution < 1.29 is 4.74 Å². The molecular weight excluding hydrogens is 214 g/mol. The number of rotatable bonds is 4. The van der Waals surface area contributed by atoms with Crippen LogP contribution in [0.25, 0.3) is 0 Å². The second-order valence-corrected chi connectivity index (χ2v) is 3.95. The van der Waals surface area contributed by atoms with Crippen molar-refractivity contribution >= 4 is 0 Å². The molecule has 0 unspecified atom stereocenters. The van der Waals surface area contributed by atoms with Gasteiger partial charge in [0.05, 0.1) is 13.7 Å². The molecule has 90 valence electrons. The lowest BCUT2D eigenvalue weighted by Gasteiger charge is -2.08. The van der Waals surface area contributed by atoms with Crippen LogP contribution in [-0.2, 0) is 13.0 Å². The molecule has 4 nitrogen and oxygen atoms in total. The third-order valence-electron chi connectivity index (χ3n) is 2.83. The van der Waals surface area contributed by atoms with E-state index in [1.165, 1.54) is 5.56 Å². The van der Waals surface area contributed by atoms with E-state index < -0.39 is 0 Å². The summed E-state index contributed by atoms with van der Waals surface area (Å²) in [5.41, 5.74) is 1.23. The Morgan fingerprint density at radius 1 is 1.18 bits per heavy atom. The highest BCUT2D eigenvalue weighted by Crippen LogP contribution is 2.13. The Morgan fingerprint density at radius 2 is 1.88 bits per heavy atom. The summed E-state index contributed by atoms with van der Waals surface area (Å²) in [6, 6.07) is 8.08. The van der Waals surface area contributed by atoms with E-state index in [2.05, 4.69) is 33.8 Å². The maximum atomic E-state index is 5.14. The summed E-state index contributed by atoms with van der Waals surface area (Å²) >= 11 is 0. The summed E-state index contributed by atoms with van der Waals surface area (Å²) in [4.78, 5) is 0. The molecule has 4 heteroatoms. The summed E-state index contributed by atoms with van der Waals surface area (Å²) < 4.78 is 7.28. The van der Waals surface area contributed by atoms with E-state index in [9.17, 15) is 0 Å². The molecule has 0 radical (unpaired) electrons. The number of aromatic nitrogens is 3. The molecule has 0 saturated carbocycles. The van der Waals surface area contributed by atoms with E-state index in [-0.39, 0.29) is 0 Å². The molecule has 0 saturated heterocycles. The van der Waals surface area contributed by atoms with Gasteiger partial charge in [-0.2, -0.15) is 0 Å². The Bertz CT molecular complexity index is 488. The highest BCUT2D eigenvalue weighted by molar-refractivity contribution is 5.27. The van der Waals surface area contributed by atoms with Crippen LogP contribution in [0.4, 0.5) is 0 Å². The fourth-order valence-electron chi connectivity index (χ4n) is 1.81. The quantitative estimate of drug-likeness (QED) is 0.810. The molecule has 1 aromatic heterocycles. The van der Waals surface area contributed by atoms with Crippen LogP contribution >= 0.6 is 0 Å². The van der Waals surface area contributed by atoms with Gasteiger partial charge in [0.2, 0.25) is 0 Å². The zero-order valence-electron chi connectivity index (χ0n) is 10.5. The standard InChI is InChI=1S/C13H17N3O/c1-4-13-15-14-10(2)16(13)9-11-5-7-12(17-3)8-6-11/h5-8H,4,9H2,1-3H3. The van der Waals surface area contributed by atoms with E-state index in [1.807, 2.05) is 19.1 Å². The highest BCUT2D eigenvalue weighted by Gasteiger charge is 2.07. The lowest BCUT2D eigenvalue weighted by molar-refractivity contribution is 0.414. The van der Waals surface area contributed by atoms with Crippen LogP contribution in [0.15, 0.2) is 24.3 Å². The van der Waals surface area contributed by atoms with Gasteiger partial charge in [-0.05, 0) is 24.6 Å². The maximum absolute atomic E-state index is 5.14. The van der Waals surface area contributed by atoms with Gasteiger partial charge in [0.1, 0.15) is 17.4 Å². The molecule has 1 aromatic carbocycles. The lowest BCUT2D eigenvalue weighted by atomic mass is 10.2. The fraction of sp³-hybridized carbons (Fsp3) is 0.385. The van der Waals surface area contributed by atoms with Gasteiger partial charge in [0.15, 0.2) is 0 Å². The summed E-state index contributed by atoms with van der Waals surface area (Å²) in [6.07, 6.45) is 0.900. The van der Waals surface area contributed by atoms with Crippen LogP contribution in [-0.4, -0.2) is 21.9 Å². The number of nitrogens with zero attached hydrogens (tertiary/aromatic N) is 3. The van der Waals surface area contributed by atoms with Gasteiger partial charge in [-0.25, -0.2) is 0 Å². The van der Waals surface area contributed by atoms with Crippen molar-refractivity contribution in [1.82, 2.24) is 14.8 Å². The van der Waals surface area contributed by atoms with Crippen LogP contribution in [0.3, 0.4) is 0 Å². The van der Waals surface area contributed by atoms with Gasteiger partial charge in [-0.1, -0.05) is 19.1 Å². The van der Waals surface area contributed by atoms with E-state index in [4.69, 9.17) is 4.74 Å². The Labute approximate surface area is 101 Å². The number of aryl methyl sites for hydroxylation is 2. The third kappa shape index (κ3) is 2.46. The van der Waals surface area contributed by atoms with Crippen LogP contribution in [0.1, 0.15) is 24.1 Å². The molecular formula is C13H17N3O. The molecule has 0 aliphatic carbocycles. The molecule has 2 aromatic rings. The van der Waals surface area contributed by atoms with Crippen molar-refractivity contribution in [3.63, 3.8) is 0 Å². The second-order valence-electron chi connectivity index (χ2n) is 3.95. The van der Waals surface area contributed by atoms with Crippen LogP contribution in [0.5, 0.6) is 5.75 Å². The summed E-state index contributed by atoms with van der Waals surface area (Å²) in [5, 5.41) is 8.26. The SMILES string of the molecule is CCc1nnc(C)n1Cc1ccc(OC)cc1. The van der Waals surface area contributed by atoms with Gasteiger partial charge in [-0.15, -0.1) is 10.2 Å². The van der Waals surface area contributed by atoms with E-state index in [0.717, 1.165) is 30.4 Å². The first-order valence-electron chi connectivity index (χ1n) is 5.76. The summed E-state index contributed by atoms with van der Waals surface area (Å²) in [7, 11) is 1.67. The minimum Gasteiger partial charge on any atom is -0.497 e. The first-order chi connectivity index (χ1) is 8.24. The predicted octanol–water partition coefficient (Wildman–Crippen LogP) is 2.21.